The lowest BCUT2D eigenvalue weighted by Crippen LogP contribution is -2.53. The Balaban J connectivity index is 1.79. The van der Waals surface area contributed by atoms with Crippen molar-refractivity contribution < 1.29 is 22.7 Å². The van der Waals surface area contributed by atoms with Gasteiger partial charge in [-0.25, -0.2) is 8.42 Å². The molecule has 0 aliphatic heterocycles. The van der Waals surface area contributed by atoms with Crippen LogP contribution in [0.1, 0.15) is 30.5 Å². The third-order valence-electron chi connectivity index (χ3n) is 7.45. The number of nitrogens with zero attached hydrogens (tertiary/aromatic N) is 2. The number of nitrogens with one attached hydrogen (secondary N) is 1. The molecule has 0 heterocycles. The highest BCUT2D eigenvalue weighted by molar-refractivity contribution is 7.92. The van der Waals surface area contributed by atoms with Crippen LogP contribution < -0.4 is 14.4 Å². The van der Waals surface area contributed by atoms with Crippen LogP contribution in [0.4, 0.5) is 5.69 Å². The van der Waals surface area contributed by atoms with Crippen molar-refractivity contribution in [2.45, 2.75) is 44.7 Å². The zero-order chi connectivity index (χ0) is 33.3. The first kappa shape index (κ1) is 34.5. The maximum Gasteiger partial charge on any atom is 0.264 e. The largest absolute Gasteiger partial charge is 0.497 e. The van der Waals surface area contributed by atoms with E-state index in [-0.39, 0.29) is 35.4 Å². The van der Waals surface area contributed by atoms with Crippen molar-refractivity contribution in [3.8, 4) is 5.75 Å². The molecule has 0 spiro atoms. The van der Waals surface area contributed by atoms with Gasteiger partial charge in [0.1, 0.15) is 18.3 Å². The molecule has 10 heteroatoms. The van der Waals surface area contributed by atoms with Gasteiger partial charge in [0.15, 0.2) is 0 Å². The minimum absolute atomic E-state index is 0.0262. The van der Waals surface area contributed by atoms with Crippen molar-refractivity contribution in [3.63, 3.8) is 0 Å². The number of rotatable bonds is 14. The topological polar surface area (TPSA) is 96.0 Å². The van der Waals surface area contributed by atoms with E-state index in [1.165, 1.54) is 30.2 Å². The fourth-order valence-corrected chi connectivity index (χ4v) is 6.49. The molecule has 0 aromatic heterocycles. The Bertz CT molecular complexity index is 1710. The first-order valence-electron chi connectivity index (χ1n) is 15.1. The average Bonchev–Trinajstić information content (AvgIpc) is 3.05. The number of carbonyl (C=O) groups is 2. The van der Waals surface area contributed by atoms with Crippen LogP contribution in [0.2, 0.25) is 5.02 Å². The van der Waals surface area contributed by atoms with E-state index in [1.807, 2.05) is 75.4 Å². The van der Waals surface area contributed by atoms with Gasteiger partial charge in [-0.15, -0.1) is 0 Å². The van der Waals surface area contributed by atoms with Gasteiger partial charge in [0.2, 0.25) is 11.8 Å². The molecule has 4 rings (SSSR count). The van der Waals surface area contributed by atoms with Crippen molar-refractivity contribution in [3.05, 3.63) is 125 Å². The SMILES string of the molecule is COc1ccc(S(=O)(=O)N(CC(=O)N(Cc2ccc(C)cc2)[C@H](Cc2ccccc2)C(=O)NCC(C)C)c2cccc(Cl)c2)cc1. The molecule has 46 heavy (non-hydrogen) atoms. The Kier molecular flexibility index (Phi) is 11.8. The zero-order valence-electron chi connectivity index (χ0n) is 26.5. The summed E-state index contributed by atoms with van der Waals surface area (Å²) < 4.78 is 34.6. The van der Waals surface area contributed by atoms with Crippen LogP contribution in [0.25, 0.3) is 0 Å². The molecule has 0 aliphatic rings. The van der Waals surface area contributed by atoms with Crippen LogP contribution in [0.5, 0.6) is 5.75 Å². The lowest BCUT2D eigenvalue weighted by atomic mass is 10.0. The predicted octanol–water partition coefficient (Wildman–Crippen LogP) is 6.26. The minimum atomic E-state index is -4.26. The second-order valence-corrected chi connectivity index (χ2v) is 13.8. The summed E-state index contributed by atoms with van der Waals surface area (Å²) in [4.78, 5) is 29.8. The number of ether oxygens (including phenoxy) is 1. The van der Waals surface area contributed by atoms with Crippen molar-refractivity contribution in [1.29, 1.82) is 0 Å². The Hall–Kier alpha value is -4.34. The molecule has 0 bridgehead atoms. The molecule has 0 aliphatic carbocycles. The van der Waals surface area contributed by atoms with E-state index in [1.54, 1.807) is 30.3 Å². The number of hydrogen-bond donors (Lipinski definition) is 1. The molecular formula is C36H40ClN3O5S. The zero-order valence-corrected chi connectivity index (χ0v) is 28.1. The first-order valence-corrected chi connectivity index (χ1v) is 16.9. The van der Waals surface area contributed by atoms with Crippen LogP contribution in [0.3, 0.4) is 0 Å². The van der Waals surface area contributed by atoms with E-state index >= 15 is 0 Å². The Morgan fingerprint density at radius 2 is 1.54 bits per heavy atom. The molecule has 1 atom stereocenters. The molecule has 0 saturated heterocycles. The number of anilines is 1. The maximum atomic E-state index is 14.5. The number of sulfonamides is 1. The van der Waals surface area contributed by atoms with Crippen LogP contribution in [0.15, 0.2) is 108 Å². The summed E-state index contributed by atoms with van der Waals surface area (Å²) in [6, 6.07) is 28.5. The molecule has 4 aromatic rings. The quantitative estimate of drug-likeness (QED) is 0.172. The third kappa shape index (κ3) is 9.11. The minimum Gasteiger partial charge on any atom is -0.497 e. The van der Waals surface area contributed by atoms with E-state index in [2.05, 4.69) is 5.32 Å². The molecule has 1 N–H and O–H groups in total. The number of amides is 2. The summed E-state index contributed by atoms with van der Waals surface area (Å²) >= 11 is 6.30. The number of carbonyl (C=O) groups excluding carboxylic acids is 2. The molecular weight excluding hydrogens is 622 g/mol. The number of methoxy groups -OCH3 is 1. The molecule has 2 amide bonds. The van der Waals surface area contributed by atoms with Crippen molar-refractivity contribution >= 4 is 39.1 Å². The smallest absolute Gasteiger partial charge is 0.264 e. The lowest BCUT2D eigenvalue weighted by molar-refractivity contribution is -0.140. The molecule has 0 radical (unpaired) electrons. The van der Waals surface area contributed by atoms with Gasteiger partial charge in [0.25, 0.3) is 10.0 Å². The van der Waals surface area contributed by atoms with E-state index in [0.29, 0.717) is 17.3 Å². The van der Waals surface area contributed by atoms with Gasteiger partial charge in [-0.05, 0) is 66.4 Å². The summed E-state index contributed by atoms with van der Waals surface area (Å²) in [5.41, 5.74) is 2.94. The summed E-state index contributed by atoms with van der Waals surface area (Å²) in [6.07, 6.45) is 0.241. The van der Waals surface area contributed by atoms with Crippen LogP contribution in [-0.2, 0) is 32.6 Å². The highest BCUT2D eigenvalue weighted by Gasteiger charge is 2.34. The lowest BCUT2D eigenvalue weighted by Gasteiger charge is -2.34. The molecule has 0 unspecified atom stereocenters. The molecule has 0 saturated carbocycles. The average molecular weight is 662 g/mol. The van der Waals surface area contributed by atoms with Gasteiger partial charge in [-0.2, -0.15) is 0 Å². The monoisotopic (exact) mass is 661 g/mol. The molecule has 8 nitrogen and oxygen atoms in total. The van der Waals surface area contributed by atoms with Gasteiger partial charge in [0, 0.05) is 24.5 Å². The number of halogens is 1. The van der Waals surface area contributed by atoms with Gasteiger partial charge in [0.05, 0.1) is 17.7 Å². The Morgan fingerprint density at radius 3 is 2.15 bits per heavy atom. The Morgan fingerprint density at radius 1 is 0.870 bits per heavy atom. The Labute approximate surface area is 277 Å². The van der Waals surface area contributed by atoms with Crippen LogP contribution >= 0.6 is 11.6 Å². The maximum absolute atomic E-state index is 14.5. The normalized spacial score (nSPS) is 12.0. The highest BCUT2D eigenvalue weighted by Crippen LogP contribution is 2.28. The van der Waals surface area contributed by atoms with Crippen molar-refractivity contribution in [2.24, 2.45) is 5.92 Å². The molecule has 242 valence electrons. The number of aryl methyl sites for hydroxylation is 1. The first-order chi connectivity index (χ1) is 22.0. The second-order valence-electron chi connectivity index (χ2n) is 11.5. The third-order valence-corrected chi connectivity index (χ3v) is 9.47. The van der Waals surface area contributed by atoms with Crippen LogP contribution in [-0.4, -0.2) is 51.4 Å². The van der Waals surface area contributed by atoms with E-state index < -0.39 is 28.5 Å². The second kappa shape index (κ2) is 15.8. The van der Waals surface area contributed by atoms with E-state index in [0.717, 1.165) is 21.0 Å². The molecule has 4 aromatic carbocycles. The summed E-state index contributed by atoms with van der Waals surface area (Å²) in [7, 11) is -2.77. The van der Waals surface area contributed by atoms with Crippen molar-refractivity contribution in [1.82, 2.24) is 10.2 Å². The van der Waals surface area contributed by atoms with E-state index in [4.69, 9.17) is 16.3 Å². The van der Waals surface area contributed by atoms with Gasteiger partial charge < -0.3 is 15.0 Å². The predicted molar refractivity (Wildman–Crippen MR) is 182 cm³/mol. The summed E-state index contributed by atoms with van der Waals surface area (Å²) in [5.74, 6) is -0.177. The van der Waals surface area contributed by atoms with E-state index in [9.17, 15) is 18.0 Å². The van der Waals surface area contributed by atoms with Gasteiger partial charge >= 0.3 is 0 Å². The number of hydrogen-bond acceptors (Lipinski definition) is 5. The summed E-state index contributed by atoms with van der Waals surface area (Å²) in [5, 5.41) is 3.31. The van der Waals surface area contributed by atoms with Crippen LogP contribution in [0, 0.1) is 12.8 Å². The fourth-order valence-electron chi connectivity index (χ4n) is 4.90. The fraction of sp³-hybridized carbons (Fsp3) is 0.278. The highest BCUT2D eigenvalue weighted by atomic mass is 35.5. The number of benzene rings is 4. The van der Waals surface area contributed by atoms with Gasteiger partial charge in [-0.3, -0.25) is 13.9 Å². The molecule has 0 fully saturated rings. The van der Waals surface area contributed by atoms with Crippen molar-refractivity contribution in [2.75, 3.05) is 24.5 Å². The van der Waals surface area contributed by atoms with Gasteiger partial charge in [-0.1, -0.05) is 91.7 Å². The summed E-state index contributed by atoms with van der Waals surface area (Å²) in [6.45, 7) is 5.92. The standard InChI is InChI=1S/C36H40ClN3O5S/c1-26(2)23-38-36(42)34(21-28-9-6-5-7-10-28)39(24-29-15-13-27(3)14-16-29)35(41)25-40(31-12-8-11-30(37)22-31)46(43,44)33-19-17-32(45-4)18-20-33/h5-20,22,26,34H,21,23-25H2,1-4H3,(H,38,42)/t34-/m1/s1.